The molecule has 0 saturated carbocycles. The van der Waals surface area contributed by atoms with Gasteiger partial charge in [0.2, 0.25) is 0 Å². The Morgan fingerprint density at radius 1 is 1.38 bits per heavy atom. The van der Waals surface area contributed by atoms with Crippen molar-refractivity contribution in [1.29, 1.82) is 0 Å². The van der Waals surface area contributed by atoms with Crippen molar-refractivity contribution >= 4 is 29.2 Å². The molecule has 1 saturated heterocycles. The Kier molecular flexibility index (Phi) is 5.60. The average molecular weight is 369 g/mol. The Bertz CT molecular complexity index is 693. The molecule has 1 aliphatic heterocycles. The third kappa shape index (κ3) is 4.20. The minimum atomic E-state index is -0.201. The van der Waals surface area contributed by atoms with E-state index in [0.717, 1.165) is 5.56 Å². The maximum atomic E-state index is 12.3. The number of morpholine rings is 1. The van der Waals surface area contributed by atoms with Gasteiger partial charge >= 0.3 is 6.03 Å². The van der Waals surface area contributed by atoms with Crippen LogP contribution in [-0.2, 0) is 11.3 Å². The van der Waals surface area contributed by atoms with Crippen molar-refractivity contribution in [3.63, 3.8) is 0 Å². The summed E-state index contributed by atoms with van der Waals surface area (Å²) in [5.41, 5.74) is 0.917. The van der Waals surface area contributed by atoms with Gasteiger partial charge in [-0.25, -0.2) is 9.78 Å². The summed E-state index contributed by atoms with van der Waals surface area (Å²) in [7, 11) is 0. The van der Waals surface area contributed by atoms with Crippen molar-refractivity contribution in [2.45, 2.75) is 12.6 Å². The number of nitrogens with one attached hydrogen (secondary N) is 1. The van der Waals surface area contributed by atoms with Gasteiger partial charge in [-0.3, -0.25) is 0 Å². The zero-order valence-electron chi connectivity index (χ0n) is 13.0. The summed E-state index contributed by atoms with van der Waals surface area (Å²) in [5, 5.41) is 3.91. The van der Waals surface area contributed by atoms with E-state index in [1.807, 2.05) is 16.8 Å². The van der Waals surface area contributed by atoms with Gasteiger partial charge in [0, 0.05) is 32.0 Å². The first-order chi connectivity index (χ1) is 11.6. The van der Waals surface area contributed by atoms with Gasteiger partial charge in [-0.15, -0.1) is 0 Å². The van der Waals surface area contributed by atoms with E-state index in [-0.39, 0.29) is 12.1 Å². The van der Waals surface area contributed by atoms with E-state index >= 15 is 0 Å². The van der Waals surface area contributed by atoms with Crippen molar-refractivity contribution in [2.75, 3.05) is 26.2 Å². The zero-order valence-corrected chi connectivity index (χ0v) is 14.5. The van der Waals surface area contributed by atoms with Crippen LogP contribution >= 0.6 is 23.2 Å². The van der Waals surface area contributed by atoms with Crippen LogP contribution in [0.25, 0.3) is 0 Å². The largest absolute Gasteiger partial charge is 0.370 e. The van der Waals surface area contributed by atoms with Crippen LogP contribution in [-0.4, -0.2) is 46.7 Å². The molecule has 8 heteroatoms. The Hall–Kier alpha value is -1.76. The molecule has 0 radical (unpaired) electrons. The number of urea groups is 1. The van der Waals surface area contributed by atoms with Gasteiger partial charge in [0.25, 0.3) is 0 Å². The molecule has 1 fully saturated rings. The van der Waals surface area contributed by atoms with Crippen molar-refractivity contribution in [3.8, 4) is 0 Å². The molecule has 0 aliphatic carbocycles. The normalized spacial score (nSPS) is 17.8. The first-order valence-corrected chi connectivity index (χ1v) is 8.44. The number of amides is 2. The van der Waals surface area contributed by atoms with Crippen LogP contribution in [0.4, 0.5) is 4.79 Å². The molecular weight excluding hydrogens is 351 g/mol. The van der Waals surface area contributed by atoms with E-state index < -0.39 is 0 Å². The topological polar surface area (TPSA) is 59.4 Å². The molecule has 2 aromatic rings. The van der Waals surface area contributed by atoms with Gasteiger partial charge < -0.3 is 19.5 Å². The lowest BCUT2D eigenvalue weighted by atomic mass is 10.1. The molecule has 0 spiro atoms. The van der Waals surface area contributed by atoms with Crippen molar-refractivity contribution in [1.82, 2.24) is 19.8 Å². The summed E-state index contributed by atoms with van der Waals surface area (Å²) >= 11 is 12.0. The van der Waals surface area contributed by atoms with Crippen molar-refractivity contribution < 1.29 is 9.53 Å². The molecule has 128 valence electrons. The average Bonchev–Trinajstić information content (AvgIpc) is 3.11. The van der Waals surface area contributed by atoms with Gasteiger partial charge in [0.15, 0.2) is 0 Å². The monoisotopic (exact) mass is 368 g/mol. The lowest BCUT2D eigenvalue weighted by Gasteiger charge is -2.33. The third-order valence-electron chi connectivity index (χ3n) is 3.87. The highest BCUT2D eigenvalue weighted by molar-refractivity contribution is 6.42. The Morgan fingerprint density at radius 2 is 2.25 bits per heavy atom. The fraction of sp³-hybridized carbons (Fsp3) is 0.375. The van der Waals surface area contributed by atoms with Crippen molar-refractivity contribution in [2.24, 2.45) is 0 Å². The van der Waals surface area contributed by atoms with Crippen LogP contribution in [0.15, 0.2) is 36.9 Å². The summed E-state index contributed by atoms with van der Waals surface area (Å²) in [6, 6.07) is 5.31. The molecule has 0 bridgehead atoms. The van der Waals surface area contributed by atoms with E-state index in [4.69, 9.17) is 27.9 Å². The summed E-state index contributed by atoms with van der Waals surface area (Å²) in [4.78, 5) is 18.0. The first-order valence-electron chi connectivity index (χ1n) is 7.68. The molecule has 1 aliphatic rings. The summed E-state index contributed by atoms with van der Waals surface area (Å²) in [5.74, 6) is 0. The zero-order chi connectivity index (χ0) is 16.9. The van der Waals surface area contributed by atoms with Crippen LogP contribution in [0.2, 0.25) is 10.0 Å². The van der Waals surface area contributed by atoms with Crippen molar-refractivity contribution in [3.05, 3.63) is 52.5 Å². The number of hydrogen-bond donors (Lipinski definition) is 1. The van der Waals surface area contributed by atoms with Gasteiger partial charge in [-0.1, -0.05) is 29.3 Å². The van der Waals surface area contributed by atoms with Crippen LogP contribution in [0.5, 0.6) is 0 Å². The Balaban J connectivity index is 1.54. The van der Waals surface area contributed by atoms with E-state index in [1.54, 1.807) is 29.6 Å². The number of imidazole rings is 1. The molecular formula is C16H18Cl2N4O2. The molecule has 2 heterocycles. The highest BCUT2D eigenvalue weighted by Crippen LogP contribution is 2.29. The van der Waals surface area contributed by atoms with Gasteiger partial charge in [0.05, 0.1) is 29.5 Å². The van der Waals surface area contributed by atoms with Crippen LogP contribution in [0.3, 0.4) is 0 Å². The van der Waals surface area contributed by atoms with Crippen LogP contribution in [0, 0.1) is 0 Å². The Morgan fingerprint density at radius 3 is 3.00 bits per heavy atom. The number of rotatable bonds is 4. The van der Waals surface area contributed by atoms with Crippen LogP contribution in [0.1, 0.15) is 11.7 Å². The summed E-state index contributed by atoms with van der Waals surface area (Å²) < 4.78 is 7.68. The minimum absolute atomic E-state index is 0.0940. The van der Waals surface area contributed by atoms with Crippen LogP contribution < -0.4 is 5.32 Å². The predicted molar refractivity (Wildman–Crippen MR) is 92.4 cm³/mol. The predicted octanol–water partition coefficient (Wildman–Crippen LogP) is 2.97. The molecule has 1 atom stereocenters. The highest BCUT2D eigenvalue weighted by atomic mass is 35.5. The second-order valence-electron chi connectivity index (χ2n) is 5.51. The number of nitrogens with zero attached hydrogens (tertiary/aromatic N) is 3. The molecule has 3 rings (SSSR count). The standard InChI is InChI=1S/C16H18Cl2N4O2/c17-13-2-1-12(9-14(13)18)15-10-22(7-8-24-15)16(23)20-4-6-21-5-3-19-11-21/h1-3,5,9,11,15H,4,6-8,10H2,(H,20,23). The van der Waals surface area contributed by atoms with E-state index in [1.165, 1.54) is 0 Å². The lowest BCUT2D eigenvalue weighted by Crippen LogP contribution is -2.47. The Labute approximate surface area is 150 Å². The number of carbonyl (C=O) groups is 1. The number of ether oxygens (including phenoxy) is 1. The van der Waals surface area contributed by atoms with Gasteiger partial charge in [0.1, 0.15) is 6.10 Å². The minimum Gasteiger partial charge on any atom is -0.370 e. The lowest BCUT2D eigenvalue weighted by molar-refractivity contribution is -0.0154. The van der Waals surface area contributed by atoms with Gasteiger partial charge in [-0.05, 0) is 17.7 Å². The number of carbonyl (C=O) groups excluding carboxylic acids is 1. The number of halogens is 2. The molecule has 6 nitrogen and oxygen atoms in total. The second-order valence-corrected chi connectivity index (χ2v) is 6.33. The van der Waals surface area contributed by atoms with E-state index in [9.17, 15) is 4.79 Å². The molecule has 1 unspecified atom stereocenters. The smallest absolute Gasteiger partial charge is 0.317 e. The summed E-state index contributed by atoms with van der Waals surface area (Å²) in [6.45, 7) is 2.76. The van der Waals surface area contributed by atoms with E-state index in [2.05, 4.69) is 10.3 Å². The third-order valence-corrected chi connectivity index (χ3v) is 4.61. The second kappa shape index (κ2) is 7.88. The quantitative estimate of drug-likeness (QED) is 0.902. The maximum Gasteiger partial charge on any atom is 0.317 e. The molecule has 24 heavy (non-hydrogen) atoms. The number of benzene rings is 1. The molecule has 2 amide bonds. The summed E-state index contributed by atoms with van der Waals surface area (Å²) in [6.07, 6.45) is 5.10. The fourth-order valence-corrected chi connectivity index (χ4v) is 2.88. The maximum absolute atomic E-state index is 12.3. The number of aromatic nitrogens is 2. The molecule has 1 aromatic heterocycles. The van der Waals surface area contributed by atoms with Gasteiger partial charge in [-0.2, -0.15) is 0 Å². The molecule has 1 N–H and O–H groups in total. The fourth-order valence-electron chi connectivity index (χ4n) is 2.57. The van der Waals surface area contributed by atoms with E-state index in [0.29, 0.717) is 42.8 Å². The SMILES string of the molecule is O=C(NCCn1ccnc1)N1CCOC(c2ccc(Cl)c(Cl)c2)C1. The molecule has 1 aromatic carbocycles. The first kappa shape index (κ1) is 17.1. The number of hydrogen-bond acceptors (Lipinski definition) is 3. The highest BCUT2D eigenvalue weighted by Gasteiger charge is 2.25.